The average Bonchev–Trinajstić information content (AvgIpc) is 3.16. The molecule has 0 spiro atoms. The number of sulfonamides is 1. The maximum Gasteiger partial charge on any atom is 0.264 e. The van der Waals surface area contributed by atoms with Crippen LogP contribution in [-0.4, -0.2) is 31.7 Å². The number of carbonyl (C=O) groups is 1. The number of halogens is 1. The first kappa shape index (κ1) is 28.1. The first-order valence-corrected chi connectivity index (χ1v) is 14.2. The van der Waals surface area contributed by atoms with Crippen molar-refractivity contribution in [2.45, 2.75) is 39.5 Å². The number of para-hydroxylation sites is 1. The van der Waals surface area contributed by atoms with Gasteiger partial charge in [0.2, 0.25) is 0 Å². The average molecular weight is 563 g/mol. The number of amides is 1. The summed E-state index contributed by atoms with van der Waals surface area (Å²) in [5.74, 6) is -0.580. The number of rotatable bonds is 8. The first-order valence-electron chi connectivity index (χ1n) is 12.4. The highest BCUT2D eigenvalue weighted by Crippen LogP contribution is 2.29. The smallest absolute Gasteiger partial charge is 0.264 e. The molecular formula is C30H31ClN4O3S. The van der Waals surface area contributed by atoms with Crippen LogP contribution in [0.4, 0.5) is 5.69 Å². The quantitative estimate of drug-likeness (QED) is 0.210. The number of nitrogens with one attached hydrogen (secondary N) is 1. The third-order valence-corrected chi connectivity index (χ3v) is 8.55. The third-order valence-electron chi connectivity index (χ3n) is 6.54. The molecule has 39 heavy (non-hydrogen) atoms. The Morgan fingerprint density at radius 3 is 2.31 bits per heavy atom. The summed E-state index contributed by atoms with van der Waals surface area (Å²) in [5, 5.41) is 4.62. The van der Waals surface area contributed by atoms with Gasteiger partial charge in [-0.1, -0.05) is 47.5 Å². The molecule has 0 fully saturated rings. The number of anilines is 1. The first-order chi connectivity index (χ1) is 18.5. The van der Waals surface area contributed by atoms with Gasteiger partial charge < -0.3 is 4.57 Å². The van der Waals surface area contributed by atoms with Crippen LogP contribution in [0.15, 0.2) is 82.8 Å². The molecule has 3 aromatic carbocycles. The van der Waals surface area contributed by atoms with Crippen molar-refractivity contribution in [3.05, 3.63) is 111 Å². The van der Waals surface area contributed by atoms with E-state index in [4.69, 9.17) is 11.6 Å². The van der Waals surface area contributed by atoms with Crippen LogP contribution in [-0.2, 0) is 14.8 Å². The molecule has 0 aliphatic rings. The maximum absolute atomic E-state index is 13.6. The molecular weight excluding hydrogens is 532 g/mol. The summed E-state index contributed by atoms with van der Waals surface area (Å²) < 4.78 is 30.5. The van der Waals surface area contributed by atoms with E-state index < -0.39 is 22.5 Å². The Hall–Kier alpha value is -3.88. The molecule has 0 aliphatic heterocycles. The van der Waals surface area contributed by atoms with Gasteiger partial charge in [0.15, 0.2) is 0 Å². The van der Waals surface area contributed by atoms with Gasteiger partial charge in [-0.2, -0.15) is 5.10 Å². The minimum absolute atomic E-state index is 0.0856. The molecule has 0 radical (unpaired) electrons. The van der Waals surface area contributed by atoms with Crippen LogP contribution < -0.4 is 9.73 Å². The minimum Gasteiger partial charge on any atom is -0.318 e. The van der Waals surface area contributed by atoms with Crippen molar-refractivity contribution in [3.8, 4) is 5.69 Å². The molecule has 1 amide bonds. The molecule has 1 N–H and O–H groups in total. The van der Waals surface area contributed by atoms with Gasteiger partial charge in [0.25, 0.3) is 15.9 Å². The molecule has 4 rings (SSSR count). The van der Waals surface area contributed by atoms with E-state index >= 15 is 0 Å². The van der Waals surface area contributed by atoms with E-state index in [1.165, 1.54) is 12.1 Å². The Kier molecular flexibility index (Phi) is 8.28. The van der Waals surface area contributed by atoms with Crippen molar-refractivity contribution in [1.82, 2.24) is 9.99 Å². The topological polar surface area (TPSA) is 83.8 Å². The molecule has 0 saturated heterocycles. The van der Waals surface area contributed by atoms with Crippen LogP contribution in [0, 0.1) is 34.6 Å². The SMILES string of the molecule is Cc1ccc(S(=O)(=O)N(CC(=O)N/N=C\c2cc(C)n(-c3ccccc3C)c2C)c2ccc(Cl)cc2C)cc1. The fourth-order valence-electron chi connectivity index (χ4n) is 4.48. The van der Waals surface area contributed by atoms with E-state index in [-0.39, 0.29) is 4.90 Å². The van der Waals surface area contributed by atoms with E-state index in [9.17, 15) is 13.2 Å². The van der Waals surface area contributed by atoms with E-state index in [1.54, 1.807) is 43.5 Å². The summed E-state index contributed by atoms with van der Waals surface area (Å²) in [6.45, 7) is 9.22. The van der Waals surface area contributed by atoms with Crippen molar-refractivity contribution in [3.63, 3.8) is 0 Å². The Morgan fingerprint density at radius 1 is 0.949 bits per heavy atom. The summed E-state index contributed by atoms with van der Waals surface area (Å²) in [6.07, 6.45) is 1.57. The van der Waals surface area contributed by atoms with Gasteiger partial charge in [-0.15, -0.1) is 0 Å². The largest absolute Gasteiger partial charge is 0.318 e. The zero-order chi connectivity index (χ0) is 28.3. The molecule has 9 heteroatoms. The number of hydrogen-bond donors (Lipinski definition) is 1. The zero-order valence-electron chi connectivity index (χ0n) is 22.6. The van der Waals surface area contributed by atoms with Crippen LogP contribution in [0.2, 0.25) is 5.02 Å². The molecule has 0 saturated carbocycles. The number of aromatic nitrogens is 1. The molecule has 1 heterocycles. The second-order valence-electron chi connectivity index (χ2n) is 9.50. The maximum atomic E-state index is 13.6. The van der Waals surface area contributed by atoms with Gasteiger partial charge in [-0.05, 0) is 88.2 Å². The summed E-state index contributed by atoms with van der Waals surface area (Å²) in [6, 6.07) is 21.5. The van der Waals surface area contributed by atoms with E-state index in [1.807, 2.05) is 39.0 Å². The number of hydrazone groups is 1. The highest BCUT2D eigenvalue weighted by molar-refractivity contribution is 7.92. The third kappa shape index (κ3) is 6.08. The standard InChI is InChI=1S/C30H31ClN4O3S/c1-20-10-13-27(14-11-20)39(37,38)34(28-15-12-26(31)16-22(28)3)19-30(36)33-32-18-25-17-23(4)35(24(25)5)29-9-7-6-8-21(29)2/h6-18H,19H2,1-5H3,(H,33,36)/b32-18-. The molecule has 0 aliphatic carbocycles. The van der Waals surface area contributed by atoms with Gasteiger partial charge >= 0.3 is 0 Å². The fourth-order valence-corrected chi connectivity index (χ4v) is 6.19. The summed E-state index contributed by atoms with van der Waals surface area (Å²) >= 11 is 6.11. The number of benzene rings is 3. The van der Waals surface area contributed by atoms with Crippen molar-refractivity contribution in [2.24, 2.45) is 5.10 Å². The van der Waals surface area contributed by atoms with Crippen LogP contribution >= 0.6 is 11.6 Å². The number of hydrogen-bond acceptors (Lipinski definition) is 4. The van der Waals surface area contributed by atoms with Crippen LogP contribution in [0.25, 0.3) is 5.69 Å². The van der Waals surface area contributed by atoms with Crippen molar-refractivity contribution in [1.29, 1.82) is 0 Å². The fraction of sp³-hybridized carbons (Fsp3) is 0.200. The Morgan fingerprint density at radius 2 is 1.64 bits per heavy atom. The summed E-state index contributed by atoms with van der Waals surface area (Å²) in [7, 11) is -4.05. The Bertz CT molecular complexity index is 1660. The molecule has 0 unspecified atom stereocenters. The lowest BCUT2D eigenvalue weighted by atomic mass is 10.2. The number of aryl methyl sites for hydroxylation is 4. The van der Waals surface area contributed by atoms with Crippen LogP contribution in [0.5, 0.6) is 0 Å². The van der Waals surface area contributed by atoms with Gasteiger partial charge in [0, 0.05) is 27.7 Å². The summed E-state index contributed by atoms with van der Waals surface area (Å²) in [5.41, 5.74) is 9.47. The normalized spacial score (nSPS) is 11.6. The molecule has 202 valence electrons. The minimum atomic E-state index is -4.05. The molecule has 4 aromatic rings. The lowest BCUT2D eigenvalue weighted by molar-refractivity contribution is -0.119. The van der Waals surface area contributed by atoms with E-state index in [0.717, 1.165) is 38.1 Å². The van der Waals surface area contributed by atoms with E-state index in [0.29, 0.717) is 16.3 Å². The van der Waals surface area contributed by atoms with Gasteiger partial charge in [-0.25, -0.2) is 13.8 Å². The summed E-state index contributed by atoms with van der Waals surface area (Å²) in [4.78, 5) is 13.1. The Labute approximate surface area is 234 Å². The molecule has 1 aromatic heterocycles. The van der Waals surface area contributed by atoms with Crippen molar-refractivity contribution < 1.29 is 13.2 Å². The van der Waals surface area contributed by atoms with Crippen molar-refractivity contribution in [2.75, 3.05) is 10.8 Å². The van der Waals surface area contributed by atoms with Crippen LogP contribution in [0.3, 0.4) is 0 Å². The van der Waals surface area contributed by atoms with Crippen LogP contribution in [0.1, 0.15) is 33.6 Å². The Balaban J connectivity index is 1.59. The molecule has 0 atom stereocenters. The zero-order valence-corrected chi connectivity index (χ0v) is 24.1. The monoisotopic (exact) mass is 562 g/mol. The highest BCUT2D eigenvalue weighted by Gasteiger charge is 2.28. The number of nitrogens with zero attached hydrogens (tertiary/aromatic N) is 3. The van der Waals surface area contributed by atoms with Gasteiger partial charge in [-0.3, -0.25) is 9.10 Å². The second kappa shape index (κ2) is 11.5. The predicted octanol–water partition coefficient (Wildman–Crippen LogP) is 6.02. The van der Waals surface area contributed by atoms with Gasteiger partial charge in [0.1, 0.15) is 6.54 Å². The van der Waals surface area contributed by atoms with Crippen molar-refractivity contribution >= 4 is 39.4 Å². The number of carbonyl (C=O) groups excluding carboxylic acids is 1. The van der Waals surface area contributed by atoms with E-state index in [2.05, 4.69) is 34.2 Å². The lowest BCUT2D eigenvalue weighted by Gasteiger charge is -2.25. The predicted molar refractivity (Wildman–Crippen MR) is 158 cm³/mol. The highest BCUT2D eigenvalue weighted by atomic mass is 35.5. The van der Waals surface area contributed by atoms with Gasteiger partial charge in [0.05, 0.1) is 16.8 Å². The molecule has 7 nitrogen and oxygen atoms in total. The molecule has 0 bridgehead atoms. The lowest BCUT2D eigenvalue weighted by Crippen LogP contribution is -2.40. The second-order valence-corrected chi connectivity index (χ2v) is 11.8.